The number of carbonyl (C=O) groups is 2. The Bertz CT molecular complexity index is 447. The van der Waals surface area contributed by atoms with Crippen LogP contribution < -0.4 is 5.32 Å². The molecule has 1 aliphatic rings. The molecule has 1 rings (SSSR count). The van der Waals surface area contributed by atoms with Gasteiger partial charge in [0.15, 0.2) is 17.1 Å². The zero-order valence-corrected chi connectivity index (χ0v) is 13.5. The molecule has 0 saturated heterocycles. The van der Waals surface area contributed by atoms with Crippen LogP contribution in [0.5, 0.6) is 0 Å². The molecule has 1 amide bonds. The van der Waals surface area contributed by atoms with E-state index in [9.17, 15) is 18.4 Å². The second-order valence-electron chi connectivity index (χ2n) is 5.73. The lowest BCUT2D eigenvalue weighted by Gasteiger charge is -2.26. The first kappa shape index (κ1) is 17.9. The summed E-state index contributed by atoms with van der Waals surface area (Å²) in [6, 6.07) is -1.33. The Balaban J connectivity index is 2.95. The minimum Gasteiger partial charge on any atom is -0.467 e. The van der Waals surface area contributed by atoms with Crippen molar-refractivity contribution in [1.29, 1.82) is 0 Å². The fourth-order valence-electron chi connectivity index (χ4n) is 2.03. The van der Waals surface area contributed by atoms with E-state index in [2.05, 4.69) is 10.1 Å². The number of ether oxygens (including phenoxy) is 3. The number of methoxy groups -OCH3 is 2. The van der Waals surface area contributed by atoms with E-state index in [-0.39, 0.29) is 6.42 Å². The van der Waals surface area contributed by atoms with Crippen LogP contribution in [0, 0.1) is 0 Å². The SMILES string of the molecule is COC(=O)C(NC(=O)OC(C)(C)C)C1(S(=O)O)CC1OC. The summed E-state index contributed by atoms with van der Waals surface area (Å²) in [4.78, 5) is 23.7. The molecule has 1 saturated carbocycles. The number of nitrogens with one attached hydrogen (secondary N) is 1. The highest BCUT2D eigenvalue weighted by molar-refractivity contribution is 7.81. The molecular formula is C12H21NO7S. The molecule has 0 aromatic carbocycles. The van der Waals surface area contributed by atoms with Crippen molar-refractivity contribution in [2.45, 2.75) is 49.7 Å². The normalized spacial score (nSPS) is 27.4. The summed E-state index contributed by atoms with van der Waals surface area (Å²) in [5.74, 6) is -0.831. The number of rotatable bonds is 5. The second-order valence-corrected chi connectivity index (χ2v) is 6.99. The van der Waals surface area contributed by atoms with Gasteiger partial charge in [0.05, 0.1) is 13.2 Å². The van der Waals surface area contributed by atoms with Crippen LogP contribution in [0.3, 0.4) is 0 Å². The Labute approximate surface area is 125 Å². The van der Waals surface area contributed by atoms with Gasteiger partial charge in [0, 0.05) is 7.11 Å². The predicted octanol–water partition coefficient (Wildman–Crippen LogP) is 0.432. The summed E-state index contributed by atoms with van der Waals surface area (Å²) >= 11 is -2.38. The van der Waals surface area contributed by atoms with Crippen LogP contribution in [0.1, 0.15) is 27.2 Å². The summed E-state index contributed by atoms with van der Waals surface area (Å²) in [6.45, 7) is 4.98. The smallest absolute Gasteiger partial charge is 0.408 e. The Morgan fingerprint density at radius 2 is 1.95 bits per heavy atom. The molecule has 0 aromatic rings. The number of hydrogen-bond acceptors (Lipinski definition) is 6. The van der Waals surface area contributed by atoms with E-state index in [4.69, 9.17) is 9.47 Å². The van der Waals surface area contributed by atoms with Gasteiger partial charge in [0.25, 0.3) is 0 Å². The monoisotopic (exact) mass is 323 g/mol. The van der Waals surface area contributed by atoms with E-state index in [1.807, 2.05) is 0 Å². The molecule has 4 unspecified atom stereocenters. The minimum absolute atomic E-state index is 0.155. The molecular weight excluding hydrogens is 302 g/mol. The largest absolute Gasteiger partial charge is 0.467 e. The van der Waals surface area contributed by atoms with Crippen LogP contribution in [0.2, 0.25) is 0 Å². The van der Waals surface area contributed by atoms with Crippen LogP contribution >= 0.6 is 0 Å². The van der Waals surface area contributed by atoms with Crippen LogP contribution in [0.15, 0.2) is 0 Å². The first-order chi connectivity index (χ1) is 9.58. The highest BCUT2D eigenvalue weighted by Crippen LogP contribution is 2.47. The van der Waals surface area contributed by atoms with E-state index in [1.165, 1.54) is 7.11 Å². The average Bonchev–Trinajstić information content (AvgIpc) is 3.08. The molecule has 0 spiro atoms. The van der Waals surface area contributed by atoms with E-state index >= 15 is 0 Å². The molecule has 4 atom stereocenters. The van der Waals surface area contributed by atoms with Crippen LogP contribution in [0.25, 0.3) is 0 Å². The Morgan fingerprint density at radius 1 is 1.38 bits per heavy atom. The average molecular weight is 323 g/mol. The molecule has 8 nitrogen and oxygen atoms in total. The van der Waals surface area contributed by atoms with Crippen molar-refractivity contribution in [2.75, 3.05) is 14.2 Å². The molecule has 0 aromatic heterocycles. The van der Waals surface area contributed by atoms with Crippen molar-refractivity contribution in [3.05, 3.63) is 0 Å². The third-order valence-electron chi connectivity index (χ3n) is 3.09. The van der Waals surface area contributed by atoms with Gasteiger partial charge in [-0.1, -0.05) is 0 Å². The zero-order chi connectivity index (χ0) is 16.4. The molecule has 2 N–H and O–H groups in total. The molecule has 9 heteroatoms. The number of esters is 1. The standard InChI is InChI=1S/C12H21NO7S/c1-11(2,3)20-10(15)13-8(9(14)19-5)12(21(16)17)6-7(12)18-4/h7-8H,6H2,1-5H3,(H,13,15)(H,16,17). The fourth-order valence-corrected chi connectivity index (χ4v) is 3.00. The van der Waals surface area contributed by atoms with Crippen LogP contribution in [0.4, 0.5) is 4.79 Å². The first-order valence-electron chi connectivity index (χ1n) is 6.29. The zero-order valence-electron chi connectivity index (χ0n) is 12.7. The minimum atomic E-state index is -2.38. The van der Waals surface area contributed by atoms with Crippen molar-refractivity contribution < 1.29 is 32.6 Å². The van der Waals surface area contributed by atoms with Crippen molar-refractivity contribution in [1.82, 2.24) is 5.32 Å². The topological polar surface area (TPSA) is 111 Å². The lowest BCUT2D eigenvalue weighted by atomic mass is 10.1. The van der Waals surface area contributed by atoms with Gasteiger partial charge in [-0.3, -0.25) is 0 Å². The van der Waals surface area contributed by atoms with Gasteiger partial charge in [-0.15, -0.1) is 0 Å². The third-order valence-corrected chi connectivity index (χ3v) is 4.40. The lowest BCUT2D eigenvalue weighted by molar-refractivity contribution is -0.143. The summed E-state index contributed by atoms with van der Waals surface area (Å²) in [5, 5.41) is 2.30. The van der Waals surface area contributed by atoms with Gasteiger partial charge in [-0.05, 0) is 27.2 Å². The molecule has 0 bridgehead atoms. The molecule has 21 heavy (non-hydrogen) atoms. The first-order valence-corrected chi connectivity index (χ1v) is 7.40. The van der Waals surface area contributed by atoms with Gasteiger partial charge < -0.3 is 24.1 Å². The Morgan fingerprint density at radius 3 is 2.29 bits per heavy atom. The maximum atomic E-state index is 11.9. The third kappa shape index (κ3) is 3.92. The maximum Gasteiger partial charge on any atom is 0.408 e. The van der Waals surface area contributed by atoms with E-state index in [0.29, 0.717) is 0 Å². The number of carbonyl (C=O) groups excluding carboxylic acids is 2. The summed E-state index contributed by atoms with van der Waals surface area (Å²) < 4.78 is 34.4. The molecule has 122 valence electrons. The number of hydrogen-bond donors (Lipinski definition) is 2. The second kappa shape index (κ2) is 6.29. The van der Waals surface area contributed by atoms with E-state index < -0.39 is 45.6 Å². The van der Waals surface area contributed by atoms with Crippen LogP contribution in [-0.2, 0) is 30.1 Å². The van der Waals surface area contributed by atoms with Crippen LogP contribution in [-0.4, -0.2) is 57.5 Å². The summed E-state index contributed by atoms with van der Waals surface area (Å²) in [7, 11) is 2.49. The van der Waals surface area contributed by atoms with E-state index in [1.54, 1.807) is 20.8 Å². The highest BCUT2D eigenvalue weighted by Gasteiger charge is 2.68. The Hall–Kier alpha value is -1.19. The molecule has 0 aliphatic heterocycles. The van der Waals surface area contributed by atoms with Crippen molar-refractivity contribution in [2.24, 2.45) is 0 Å². The summed E-state index contributed by atoms with van der Waals surface area (Å²) in [6.07, 6.45) is -1.34. The fraction of sp³-hybridized carbons (Fsp3) is 0.833. The quantitative estimate of drug-likeness (QED) is 0.557. The van der Waals surface area contributed by atoms with Crippen molar-refractivity contribution in [3.63, 3.8) is 0 Å². The Kier molecular flexibility index (Phi) is 5.35. The molecule has 1 aliphatic carbocycles. The number of alkyl carbamates (subject to hydrolysis) is 1. The van der Waals surface area contributed by atoms with Gasteiger partial charge in [0.2, 0.25) is 0 Å². The van der Waals surface area contributed by atoms with Gasteiger partial charge in [-0.25, -0.2) is 13.8 Å². The summed E-state index contributed by atoms with van der Waals surface area (Å²) in [5.41, 5.74) is -0.763. The lowest BCUT2D eigenvalue weighted by Crippen LogP contribution is -2.55. The predicted molar refractivity (Wildman–Crippen MR) is 74.1 cm³/mol. The van der Waals surface area contributed by atoms with Crippen molar-refractivity contribution in [3.8, 4) is 0 Å². The van der Waals surface area contributed by atoms with Crippen molar-refractivity contribution >= 4 is 23.1 Å². The maximum absolute atomic E-state index is 11.9. The van der Waals surface area contributed by atoms with E-state index in [0.717, 1.165) is 7.11 Å². The molecule has 0 radical (unpaired) electrons. The van der Waals surface area contributed by atoms with Gasteiger partial charge >= 0.3 is 12.1 Å². The highest BCUT2D eigenvalue weighted by atomic mass is 32.2. The molecule has 1 fully saturated rings. The van der Waals surface area contributed by atoms with Gasteiger partial charge in [0.1, 0.15) is 10.3 Å². The number of amides is 1. The van der Waals surface area contributed by atoms with Gasteiger partial charge in [-0.2, -0.15) is 0 Å². The molecule has 0 heterocycles.